The molecule has 11 nitrogen and oxygen atoms in total. The third kappa shape index (κ3) is 5.77. The first kappa shape index (κ1) is 29.7. The smallest absolute Gasteiger partial charge is 0.286 e. The number of nitrogens with two attached hydrogens (primary N) is 1. The van der Waals surface area contributed by atoms with Crippen molar-refractivity contribution in [2.24, 2.45) is 5.73 Å². The minimum absolute atomic E-state index is 0.0204. The number of benzene rings is 2. The van der Waals surface area contributed by atoms with Crippen molar-refractivity contribution in [3.8, 4) is 17.3 Å². The Bertz CT molecular complexity index is 2010. The van der Waals surface area contributed by atoms with Crippen molar-refractivity contribution in [3.05, 3.63) is 93.9 Å². The normalized spacial score (nSPS) is 19.8. The molecule has 0 radical (unpaired) electrons. The number of hydrogen-bond acceptors (Lipinski definition) is 8. The van der Waals surface area contributed by atoms with Gasteiger partial charge in [0.05, 0.1) is 36.4 Å². The van der Waals surface area contributed by atoms with Gasteiger partial charge in [-0.1, -0.05) is 41.9 Å². The van der Waals surface area contributed by atoms with E-state index in [1.807, 2.05) is 24.3 Å². The second-order valence-corrected chi connectivity index (χ2v) is 12.7. The summed E-state index contributed by atoms with van der Waals surface area (Å²) in [6.45, 7) is 3.93. The molecular weight excluding hydrogens is 623 g/mol. The quantitative estimate of drug-likeness (QED) is 0.226. The summed E-state index contributed by atoms with van der Waals surface area (Å²) in [7, 11) is 0. The lowest BCUT2D eigenvalue weighted by Gasteiger charge is -2.34. The third-order valence-electron chi connectivity index (χ3n) is 9.29. The minimum Gasteiger partial charge on any atom is -0.481 e. The van der Waals surface area contributed by atoms with Gasteiger partial charge in [0.25, 0.3) is 5.91 Å². The molecule has 0 unspecified atom stereocenters. The lowest BCUT2D eigenvalue weighted by atomic mass is 9.87. The summed E-state index contributed by atoms with van der Waals surface area (Å²) in [5, 5.41) is 8.19. The van der Waals surface area contributed by atoms with E-state index in [2.05, 4.69) is 41.8 Å². The summed E-state index contributed by atoms with van der Waals surface area (Å²) in [6.07, 6.45) is 8.24. The van der Waals surface area contributed by atoms with Crippen LogP contribution >= 0.6 is 11.6 Å². The molecule has 1 amide bonds. The molecule has 2 fully saturated rings. The highest BCUT2D eigenvalue weighted by atomic mass is 35.5. The average Bonchev–Trinajstić information content (AvgIpc) is 3.68. The van der Waals surface area contributed by atoms with Gasteiger partial charge in [0.1, 0.15) is 29.2 Å². The Morgan fingerprint density at radius 1 is 1.11 bits per heavy atom. The molecule has 3 aliphatic heterocycles. The van der Waals surface area contributed by atoms with Gasteiger partial charge >= 0.3 is 0 Å². The fourth-order valence-corrected chi connectivity index (χ4v) is 6.83. The van der Waals surface area contributed by atoms with Gasteiger partial charge in [-0.05, 0) is 68.1 Å². The summed E-state index contributed by atoms with van der Waals surface area (Å²) in [6, 6.07) is 12.8. The second kappa shape index (κ2) is 12.2. The van der Waals surface area contributed by atoms with Crippen LogP contribution < -0.4 is 10.5 Å². The van der Waals surface area contributed by atoms with Gasteiger partial charge < -0.3 is 24.8 Å². The Morgan fingerprint density at radius 2 is 1.96 bits per heavy atom. The molecule has 5 aromatic rings. The van der Waals surface area contributed by atoms with Gasteiger partial charge in [-0.2, -0.15) is 0 Å². The van der Waals surface area contributed by atoms with E-state index in [1.165, 1.54) is 6.07 Å². The summed E-state index contributed by atoms with van der Waals surface area (Å²) >= 11 is 5.99. The number of piperidine rings is 1. The maximum atomic E-state index is 14.8. The van der Waals surface area contributed by atoms with Crippen LogP contribution in [0.25, 0.3) is 28.6 Å². The highest BCUT2D eigenvalue weighted by Gasteiger charge is 2.29. The lowest BCUT2D eigenvalue weighted by molar-refractivity contribution is -0.0592. The molecule has 0 aliphatic carbocycles. The summed E-state index contributed by atoms with van der Waals surface area (Å²) in [4.78, 5) is 26.4. The van der Waals surface area contributed by atoms with Crippen molar-refractivity contribution >= 4 is 34.6 Å². The number of fused-ring (bicyclic) bond motifs is 2. The molecule has 3 aromatic heterocycles. The number of imidazole rings is 1. The predicted octanol–water partition coefficient (Wildman–Crippen LogP) is 5.42. The number of rotatable bonds is 8. The Hall–Kier alpha value is -4.65. The molecule has 47 heavy (non-hydrogen) atoms. The van der Waals surface area contributed by atoms with Gasteiger partial charge in [-0.3, -0.25) is 14.7 Å². The van der Waals surface area contributed by atoms with Crippen LogP contribution in [0.5, 0.6) is 5.75 Å². The second-order valence-electron chi connectivity index (χ2n) is 12.2. The highest BCUT2D eigenvalue weighted by molar-refractivity contribution is 6.30. The topological polar surface area (TPSA) is 137 Å². The maximum Gasteiger partial charge on any atom is 0.286 e. The number of carbonyl (C=O) groups is 1. The molecule has 0 spiro atoms. The molecule has 240 valence electrons. The van der Waals surface area contributed by atoms with Crippen LogP contribution in [0, 0.1) is 5.82 Å². The molecule has 8 rings (SSSR count). The van der Waals surface area contributed by atoms with Crippen molar-refractivity contribution in [2.45, 2.75) is 50.5 Å². The molecule has 3 N–H and O–H groups in total. The number of likely N-dealkylation sites (tertiary alicyclic amines) is 1. The Kier molecular flexibility index (Phi) is 7.70. The summed E-state index contributed by atoms with van der Waals surface area (Å²) in [5.74, 6) is 1.36. The monoisotopic (exact) mass is 654 g/mol. The number of primary amides is 1. The number of nitrogens with zero attached hydrogens (tertiary/aromatic N) is 6. The molecule has 2 saturated heterocycles. The van der Waals surface area contributed by atoms with Crippen LogP contribution in [0.1, 0.15) is 64.4 Å². The number of amides is 1. The first-order valence-corrected chi connectivity index (χ1v) is 16.1. The fraction of sp³-hybridized carbons (Fsp3) is 0.324. The zero-order chi connectivity index (χ0) is 32.1. The van der Waals surface area contributed by atoms with Gasteiger partial charge in [-0.25, -0.2) is 9.37 Å². The van der Waals surface area contributed by atoms with Crippen LogP contribution in [0.4, 0.5) is 4.39 Å². The zero-order valence-electron chi connectivity index (χ0n) is 25.4. The molecule has 13 heteroatoms. The fourth-order valence-electron chi connectivity index (χ4n) is 6.67. The van der Waals surface area contributed by atoms with Crippen molar-refractivity contribution < 1.29 is 18.7 Å². The number of aromatic amines is 1. The number of nitrogens with one attached hydrogen (secondary N) is 1. The Morgan fingerprint density at radius 3 is 2.70 bits per heavy atom. The molecular formula is C34H32ClFN8O3. The first-order valence-electron chi connectivity index (χ1n) is 15.7. The van der Waals surface area contributed by atoms with E-state index >= 15 is 0 Å². The van der Waals surface area contributed by atoms with Crippen molar-refractivity contribution in [2.75, 3.05) is 19.7 Å². The van der Waals surface area contributed by atoms with Crippen LogP contribution in [0.2, 0.25) is 5.02 Å². The van der Waals surface area contributed by atoms with Crippen LogP contribution in [0.3, 0.4) is 0 Å². The van der Waals surface area contributed by atoms with Crippen LogP contribution in [0.15, 0.2) is 54.7 Å². The van der Waals surface area contributed by atoms with Crippen LogP contribution in [-0.2, 0) is 17.8 Å². The zero-order valence-corrected chi connectivity index (χ0v) is 26.2. The first-order chi connectivity index (χ1) is 22.9. The van der Waals surface area contributed by atoms with E-state index < -0.39 is 12.0 Å². The summed E-state index contributed by atoms with van der Waals surface area (Å²) in [5.41, 5.74) is 10.2. The number of hydrogen-bond donors (Lipinski definition) is 2. The van der Waals surface area contributed by atoms with E-state index in [0.717, 1.165) is 72.7 Å². The van der Waals surface area contributed by atoms with Crippen molar-refractivity contribution in [1.82, 2.24) is 34.6 Å². The molecule has 0 bridgehead atoms. The van der Waals surface area contributed by atoms with Crippen molar-refractivity contribution in [3.63, 3.8) is 0 Å². The largest absolute Gasteiger partial charge is 0.481 e. The molecule has 6 heterocycles. The lowest BCUT2D eigenvalue weighted by Crippen LogP contribution is -2.35. The van der Waals surface area contributed by atoms with E-state index in [0.29, 0.717) is 41.1 Å². The number of carbonyl (C=O) groups excluding carboxylic acids is 1. The summed E-state index contributed by atoms with van der Waals surface area (Å²) < 4.78 is 29.2. The molecule has 2 atom stereocenters. The van der Waals surface area contributed by atoms with Crippen molar-refractivity contribution in [1.29, 1.82) is 0 Å². The van der Waals surface area contributed by atoms with Crippen LogP contribution in [-0.4, -0.2) is 66.3 Å². The van der Waals surface area contributed by atoms with E-state index in [9.17, 15) is 9.18 Å². The number of H-pyrrole nitrogens is 1. The SMILES string of the molecule is NC(=O)c1nnc(-c2cc3nc(CN4CCC(c5cccc6c5O[C@@H](c5ccc(Cl)cc5F)C=C6)CC4)n(C[C@@H]4CCO4)c3cn2)[nH]1. The third-order valence-corrected chi connectivity index (χ3v) is 9.52. The van der Waals surface area contributed by atoms with E-state index in [4.69, 9.17) is 31.8 Å². The van der Waals surface area contributed by atoms with Gasteiger partial charge in [0, 0.05) is 22.8 Å². The minimum atomic E-state index is -0.685. The van der Waals surface area contributed by atoms with E-state index in [-0.39, 0.29) is 17.7 Å². The van der Waals surface area contributed by atoms with E-state index in [1.54, 1.807) is 18.3 Å². The number of pyridine rings is 1. The number of halogens is 2. The average molecular weight is 655 g/mol. The number of para-hydroxylation sites is 1. The predicted molar refractivity (Wildman–Crippen MR) is 173 cm³/mol. The van der Waals surface area contributed by atoms with Gasteiger partial charge in [-0.15, -0.1) is 10.2 Å². The number of aromatic nitrogens is 6. The standard InChI is InChI=1S/C34H32ClFN8O3/c35-21-5-6-24(25(36)14-21)29-7-4-20-2-1-3-23(31(20)47-29)19-8-11-43(12-9-19)18-30-39-26-15-27(33-40-34(32(37)45)42-41-33)38-16-28(26)44(30)17-22-10-13-46-22/h1-7,14-16,19,22,29H,8-13,17-18H2,(H2,37,45)(H,40,41,42)/t22-,29+/m0/s1. The number of ether oxygens (including phenoxy) is 2. The Balaban J connectivity index is 1.000. The maximum absolute atomic E-state index is 14.8. The Labute approximate surface area is 274 Å². The van der Waals surface area contributed by atoms with Gasteiger partial charge in [0.15, 0.2) is 5.82 Å². The van der Waals surface area contributed by atoms with Gasteiger partial charge in [0.2, 0.25) is 5.82 Å². The molecule has 0 saturated carbocycles. The highest BCUT2D eigenvalue weighted by Crippen LogP contribution is 2.42. The molecule has 3 aliphatic rings. The molecule has 2 aromatic carbocycles.